The highest BCUT2D eigenvalue weighted by molar-refractivity contribution is 5.79. The van der Waals surface area contributed by atoms with Gasteiger partial charge in [-0.05, 0) is 30.3 Å². The van der Waals surface area contributed by atoms with Crippen LogP contribution >= 0.6 is 0 Å². The summed E-state index contributed by atoms with van der Waals surface area (Å²) in [6.45, 7) is 2.19. The fourth-order valence-corrected chi connectivity index (χ4v) is 3.14. The van der Waals surface area contributed by atoms with Gasteiger partial charge in [0.25, 0.3) is 5.91 Å². The number of carbonyl (C=O) groups is 1. The molecule has 0 saturated carbocycles. The summed E-state index contributed by atoms with van der Waals surface area (Å²) in [5.74, 6) is -1.06. The van der Waals surface area contributed by atoms with Crippen molar-refractivity contribution in [3.63, 3.8) is 0 Å². The molecule has 1 fully saturated rings. The van der Waals surface area contributed by atoms with Gasteiger partial charge in [0.05, 0.1) is 5.52 Å². The molecular weight excluding hydrogens is 353 g/mol. The molecule has 2 aromatic carbocycles. The molecule has 8 heteroatoms. The van der Waals surface area contributed by atoms with Crippen LogP contribution in [0.4, 0.5) is 10.1 Å². The molecule has 0 unspecified atom stereocenters. The van der Waals surface area contributed by atoms with Crippen molar-refractivity contribution < 1.29 is 18.3 Å². The number of carbonyl (C=O) groups excluding carboxylic acids is 1. The number of ether oxygens (including phenoxy) is 1. The Balaban J connectivity index is 1.34. The average Bonchev–Trinajstić information content (AvgIpc) is 3.06. The van der Waals surface area contributed by atoms with Crippen molar-refractivity contribution in [2.24, 2.45) is 0 Å². The monoisotopic (exact) mass is 371 g/mol. The molecule has 0 radical (unpaired) electrons. The number of fused-ring (bicyclic) bond motifs is 1. The maximum absolute atomic E-state index is 13.5. The zero-order valence-electron chi connectivity index (χ0n) is 14.5. The lowest BCUT2D eigenvalue weighted by atomic mass is 10.2. The fraction of sp³-hybridized carbons (Fsp3) is 0.263. The van der Waals surface area contributed by atoms with E-state index in [4.69, 9.17) is 9.15 Å². The molecule has 0 atom stereocenters. The van der Waals surface area contributed by atoms with E-state index in [9.17, 15) is 14.0 Å². The Bertz CT molecular complexity index is 1020. The first-order valence-electron chi connectivity index (χ1n) is 8.63. The van der Waals surface area contributed by atoms with E-state index < -0.39 is 11.6 Å². The van der Waals surface area contributed by atoms with Gasteiger partial charge in [0, 0.05) is 31.9 Å². The molecule has 1 aliphatic rings. The normalized spacial score (nSPS) is 14.6. The van der Waals surface area contributed by atoms with E-state index in [0.717, 1.165) is 5.69 Å². The Hall–Kier alpha value is -3.29. The summed E-state index contributed by atoms with van der Waals surface area (Å²) in [6, 6.07) is 11.5. The maximum atomic E-state index is 13.5. The molecule has 27 heavy (non-hydrogen) atoms. The number of halogens is 1. The fourth-order valence-electron chi connectivity index (χ4n) is 3.14. The number of rotatable bonds is 4. The molecule has 0 bridgehead atoms. The van der Waals surface area contributed by atoms with Crippen LogP contribution in [0.5, 0.6) is 5.75 Å². The molecule has 0 spiro atoms. The second-order valence-electron chi connectivity index (χ2n) is 6.28. The van der Waals surface area contributed by atoms with Crippen LogP contribution in [0.3, 0.4) is 0 Å². The van der Waals surface area contributed by atoms with Gasteiger partial charge < -0.3 is 19.0 Å². The zero-order valence-corrected chi connectivity index (χ0v) is 14.5. The third-order valence-corrected chi connectivity index (χ3v) is 4.59. The van der Waals surface area contributed by atoms with E-state index in [1.54, 1.807) is 23.1 Å². The van der Waals surface area contributed by atoms with Gasteiger partial charge in [-0.2, -0.15) is 0 Å². The van der Waals surface area contributed by atoms with Crippen molar-refractivity contribution >= 4 is 22.7 Å². The van der Waals surface area contributed by atoms with Crippen molar-refractivity contribution in [2.75, 3.05) is 37.7 Å². The molecule has 3 aromatic rings. The molecule has 1 amide bonds. The number of aromatic nitrogens is 1. The quantitative estimate of drug-likeness (QED) is 0.759. The van der Waals surface area contributed by atoms with Gasteiger partial charge in [0.1, 0.15) is 0 Å². The molecule has 2 heterocycles. The van der Waals surface area contributed by atoms with Crippen LogP contribution in [-0.2, 0) is 4.79 Å². The Kier molecular flexibility index (Phi) is 4.53. The van der Waals surface area contributed by atoms with Crippen LogP contribution in [0.15, 0.2) is 51.7 Å². The Morgan fingerprint density at radius 3 is 2.70 bits per heavy atom. The van der Waals surface area contributed by atoms with Crippen LogP contribution in [-0.4, -0.2) is 48.6 Å². The smallest absolute Gasteiger partial charge is 0.417 e. The summed E-state index contributed by atoms with van der Waals surface area (Å²) in [5.41, 5.74) is 2.12. The highest BCUT2D eigenvalue weighted by atomic mass is 19.1. The summed E-state index contributed by atoms with van der Waals surface area (Å²) in [7, 11) is 0. The number of nitrogens with one attached hydrogen (secondary N) is 1. The molecular formula is C19H18FN3O4. The number of benzene rings is 2. The van der Waals surface area contributed by atoms with E-state index in [0.29, 0.717) is 37.3 Å². The Morgan fingerprint density at radius 2 is 1.93 bits per heavy atom. The maximum Gasteiger partial charge on any atom is 0.417 e. The van der Waals surface area contributed by atoms with Crippen LogP contribution in [0, 0.1) is 5.82 Å². The predicted octanol–water partition coefficient (Wildman–Crippen LogP) is 1.99. The Morgan fingerprint density at radius 1 is 1.15 bits per heavy atom. The highest BCUT2D eigenvalue weighted by Crippen LogP contribution is 2.21. The van der Waals surface area contributed by atoms with Crippen molar-refractivity contribution in [1.82, 2.24) is 9.88 Å². The Labute approximate surface area is 153 Å². The number of aromatic amines is 1. The van der Waals surface area contributed by atoms with Gasteiger partial charge >= 0.3 is 5.76 Å². The number of para-hydroxylation sites is 1. The largest absolute Gasteiger partial charge is 0.481 e. The molecule has 1 N–H and O–H groups in total. The van der Waals surface area contributed by atoms with Crippen molar-refractivity contribution in [3.8, 4) is 5.75 Å². The summed E-state index contributed by atoms with van der Waals surface area (Å²) in [6.07, 6.45) is 0. The number of hydrogen-bond donors (Lipinski definition) is 1. The van der Waals surface area contributed by atoms with E-state index >= 15 is 0 Å². The number of piperazine rings is 1. The van der Waals surface area contributed by atoms with Gasteiger partial charge in [-0.1, -0.05) is 12.1 Å². The number of anilines is 1. The average molecular weight is 371 g/mol. The third kappa shape index (κ3) is 3.64. The van der Waals surface area contributed by atoms with Crippen molar-refractivity contribution in [2.45, 2.75) is 0 Å². The lowest BCUT2D eigenvalue weighted by Crippen LogP contribution is -2.50. The van der Waals surface area contributed by atoms with Gasteiger partial charge in [-0.3, -0.25) is 9.78 Å². The molecule has 7 nitrogen and oxygen atoms in total. The first-order chi connectivity index (χ1) is 13.1. The van der Waals surface area contributed by atoms with Gasteiger partial charge in [0.15, 0.2) is 23.8 Å². The standard InChI is InChI=1S/C19H18FN3O4/c20-14-3-1-2-4-16(14)26-12-18(24)23-9-7-22(8-10-23)13-5-6-17-15(11-13)21-19(25)27-17/h1-6,11H,7-10,12H2,(H,21,25). The second kappa shape index (κ2) is 7.14. The van der Waals surface area contributed by atoms with E-state index in [-0.39, 0.29) is 18.3 Å². The van der Waals surface area contributed by atoms with Crippen molar-refractivity contribution in [3.05, 3.63) is 58.8 Å². The molecule has 140 valence electrons. The first-order valence-corrected chi connectivity index (χ1v) is 8.63. The van der Waals surface area contributed by atoms with Gasteiger partial charge in [-0.25, -0.2) is 9.18 Å². The topological polar surface area (TPSA) is 78.8 Å². The SMILES string of the molecule is O=C(COc1ccccc1F)N1CCN(c2ccc3oc(=O)[nH]c3c2)CC1. The van der Waals surface area contributed by atoms with E-state index in [1.165, 1.54) is 12.1 Å². The number of oxazole rings is 1. The molecule has 0 aliphatic carbocycles. The predicted molar refractivity (Wildman–Crippen MR) is 97.5 cm³/mol. The highest BCUT2D eigenvalue weighted by Gasteiger charge is 2.22. The molecule has 1 saturated heterocycles. The second-order valence-corrected chi connectivity index (χ2v) is 6.28. The van der Waals surface area contributed by atoms with Gasteiger partial charge in [-0.15, -0.1) is 0 Å². The van der Waals surface area contributed by atoms with Gasteiger partial charge in [0.2, 0.25) is 0 Å². The number of amides is 1. The lowest BCUT2D eigenvalue weighted by molar-refractivity contribution is -0.133. The van der Waals surface area contributed by atoms with E-state index in [2.05, 4.69) is 9.88 Å². The minimum atomic E-state index is -0.484. The van der Waals surface area contributed by atoms with Crippen molar-refractivity contribution in [1.29, 1.82) is 0 Å². The number of nitrogens with zero attached hydrogens (tertiary/aromatic N) is 2. The summed E-state index contributed by atoms with van der Waals surface area (Å²) >= 11 is 0. The number of hydrogen-bond acceptors (Lipinski definition) is 5. The summed E-state index contributed by atoms with van der Waals surface area (Å²) in [4.78, 5) is 30.1. The minimum absolute atomic E-state index is 0.0758. The first kappa shape index (κ1) is 17.1. The molecule has 1 aliphatic heterocycles. The summed E-state index contributed by atoms with van der Waals surface area (Å²) in [5, 5.41) is 0. The lowest BCUT2D eigenvalue weighted by Gasteiger charge is -2.36. The molecule has 1 aromatic heterocycles. The van der Waals surface area contributed by atoms with Crippen LogP contribution in [0.1, 0.15) is 0 Å². The van der Waals surface area contributed by atoms with Crippen LogP contribution < -0.4 is 15.4 Å². The van der Waals surface area contributed by atoms with Crippen LogP contribution in [0.25, 0.3) is 11.1 Å². The summed E-state index contributed by atoms with van der Waals surface area (Å²) < 4.78 is 23.8. The molecule has 4 rings (SSSR count). The van der Waals surface area contributed by atoms with E-state index in [1.807, 2.05) is 12.1 Å². The van der Waals surface area contributed by atoms with Crippen LogP contribution in [0.2, 0.25) is 0 Å². The minimum Gasteiger partial charge on any atom is -0.481 e. The number of H-pyrrole nitrogens is 1. The third-order valence-electron chi connectivity index (χ3n) is 4.59. The zero-order chi connectivity index (χ0) is 18.8.